The van der Waals surface area contributed by atoms with Crippen molar-refractivity contribution < 1.29 is 31.9 Å². The standard InChI is InChI=1S/C23H22F4N4O3/c1-3-34-22(33)16-5-4-10-30(13(16)2)21(32)19-12-31-20(28-19)17(23(25,26)27)11-18(29-31)14-6-8-15(24)9-7-14/h6-9,11-13,16H,3-5,10H2,1-2H3/t13-,16+/m1/s1. The van der Waals surface area contributed by atoms with E-state index in [-0.39, 0.29) is 23.6 Å². The molecule has 180 valence electrons. The average Bonchev–Trinajstić information content (AvgIpc) is 3.22. The van der Waals surface area contributed by atoms with Crippen molar-refractivity contribution in [1.29, 1.82) is 0 Å². The van der Waals surface area contributed by atoms with Crippen molar-refractivity contribution in [2.24, 2.45) is 5.92 Å². The maximum Gasteiger partial charge on any atom is 0.420 e. The molecule has 3 heterocycles. The minimum Gasteiger partial charge on any atom is -0.466 e. The molecule has 11 heteroatoms. The molecule has 0 radical (unpaired) electrons. The Bertz CT molecular complexity index is 1220. The van der Waals surface area contributed by atoms with E-state index in [4.69, 9.17) is 4.74 Å². The van der Waals surface area contributed by atoms with Crippen LogP contribution in [-0.2, 0) is 15.7 Å². The molecule has 1 aliphatic rings. The smallest absolute Gasteiger partial charge is 0.420 e. The maximum atomic E-state index is 13.8. The molecule has 0 N–H and O–H groups in total. The summed E-state index contributed by atoms with van der Waals surface area (Å²) in [7, 11) is 0. The van der Waals surface area contributed by atoms with Crippen LogP contribution in [-0.4, -0.2) is 50.6 Å². The predicted molar refractivity (Wildman–Crippen MR) is 113 cm³/mol. The molecule has 0 unspecified atom stereocenters. The van der Waals surface area contributed by atoms with Crippen LogP contribution in [0.4, 0.5) is 17.6 Å². The summed E-state index contributed by atoms with van der Waals surface area (Å²) in [4.78, 5) is 30.9. The number of alkyl halides is 3. The number of hydrogen-bond donors (Lipinski definition) is 0. The Morgan fingerprint density at radius 3 is 2.56 bits per heavy atom. The highest BCUT2D eigenvalue weighted by molar-refractivity contribution is 5.94. The molecule has 1 aliphatic heterocycles. The lowest BCUT2D eigenvalue weighted by Crippen LogP contribution is -2.49. The maximum absolute atomic E-state index is 13.8. The van der Waals surface area contributed by atoms with Gasteiger partial charge in [0.15, 0.2) is 5.65 Å². The van der Waals surface area contributed by atoms with Gasteiger partial charge in [0.25, 0.3) is 5.91 Å². The number of ether oxygens (including phenoxy) is 1. The third-order valence-electron chi connectivity index (χ3n) is 5.93. The van der Waals surface area contributed by atoms with Crippen molar-refractivity contribution >= 4 is 17.5 Å². The fourth-order valence-electron chi connectivity index (χ4n) is 4.19. The number of nitrogens with zero attached hydrogens (tertiary/aromatic N) is 4. The van der Waals surface area contributed by atoms with Gasteiger partial charge in [0, 0.05) is 18.2 Å². The fourth-order valence-corrected chi connectivity index (χ4v) is 4.19. The molecule has 0 aliphatic carbocycles. The number of carbonyl (C=O) groups is 2. The van der Waals surface area contributed by atoms with E-state index in [1.165, 1.54) is 17.0 Å². The first kappa shape index (κ1) is 23.7. The minimum atomic E-state index is -4.77. The van der Waals surface area contributed by atoms with Gasteiger partial charge in [-0.1, -0.05) is 0 Å². The largest absolute Gasteiger partial charge is 0.466 e. The second-order valence-electron chi connectivity index (χ2n) is 8.08. The number of rotatable bonds is 4. The Morgan fingerprint density at radius 2 is 1.91 bits per heavy atom. The number of amides is 1. The van der Waals surface area contributed by atoms with Crippen LogP contribution in [0.5, 0.6) is 0 Å². The van der Waals surface area contributed by atoms with Crippen molar-refractivity contribution in [3.8, 4) is 11.3 Å². The first-order valence-electron chi connectivity index (χ1n) is 10.8. The Hall–Kier alpha value is -3.50. The molecule has 7 nitrogen and oxygen atoms in total. The number of fused-ring (bicyclic) bond motifs is 1. The van der Waals surface area contributed by atoms with Crippen LogP contribution in [0.15, 0.2) is 36.5 Å². The van der Waals surface area contributed by atoms with E-state index >= 15 is 0 Å². The van der Waals surface area contributed by atoms with Crippen LogP contribution in [0, 0.1) is 11.7 Å². The molecule has 1 amide bonds. The summed E-state index contributed by atoms with van der Waals surface area (Å²) >= 11 is 0. The number of esters is 1. The van der Waals surface area contributed by atoms with Gasteiger partial charge in [0.2, 0.25) is 0 Å². The molecule has 2 atom stereocenters. The predicted octanol–water partition coefficient (Wildman–Crippen LogP) is 4.36. The number of benzene rings is 1. The number of aromatic nitrogens is 3. The average molecular weight is 478 g/mol. The van der Waals surface area contributed by atoms with Crippen molar-refractivity contribution in [1.82, 2.24) is 19.5 Å². The lowest BCUT2D eigenvalue weighted by Gasteiger charge is -2.37. The second-order valence-corrected chi connectivity index (χ2v) is 8.08. The molecule has 0 bridgehead atoms. The van der Waals surface area contributed by atoms with E-state index in [0.29, 0.717) is 19.4 Å². The highest BCUT2D eigenvalue weighted by Gasteiger charge is 2.39. The van der Waals surface area contributed by atoms with E-state index in [9.17, 15) is 27.2 Å². The summed E-state index contributed by atoms with van der Waals surface area (Å²) < 4.78 is 60.7. The summed E-state index contributed by atoms with van der Waals surface area (Å²) in [5.74, 6) is -2.06. The first-order chi connectivity index (χ1) is 16.1. The van der Waals surface area contributed by atoms with Crippen LogP contribution >= 0.6 is 0 Å². The van der Waals surface area contributed by atoms with Crippen LogP contribution in [0.3, 0.4) is 0 Å². The molecule has 1 saturated heterocycles. The van der Waals surface area contributed by atoms with Gasteiger partial charge in [0.1, 0.15) is 17.1 Å². The third-order valence-corrected chi connectivity index (χ3v) is 5.93. The van der Waals surface area contributed by atoms with Gasteiger partial charge in [0.05, 0.1) is 24.4 Å². The lowest BCUT2D eigenvalue weighted by molar-refractivity contribution is -0.151. The fraction of sp³-hybridized carbons (Fsp3) is 0.391. The first-order valence-corrected chi connectivity index (χ1v) is 10.8. The summed E-state index contributed by atoms with van der Waals surface area (Å²) in [6, 6.07) is 5.19. The van der Waals surface area contributed by atoms with Crippen molar-refractivity contribution in [2.75, 3.05) is 13.2 Å². The number of piperidine rings is 1. The SMILES string of the molecule is CCOC(=O)[C@H]1CCCN(C(=O)c2cn3nc(-c4ccc(F)cc4)cc(C(F)(F)F)c3n2)[C@@H]1C. The topological polar surface area (TPSA) is 76.8 Å². The monoisotopic (exact) mass is 478 g/mol. The van der Waals surface area contributed by atoms with Gasteiger partial charge >= 0.3 is 12.1 Å². The summed E-state index contributed by atoms with van der Waals surface area (Å²) in [6.07, 6.45) is -2.53. The van der Waals surface area contributed by atoms with Crippen LogP contribution in [0.2, 0.25) is 0 Å². The lowest BCUT2D eigenvalue weighted by atomic mass is 9.90. The Kier molecular flexibility index (Phi) is 6.28. The zero-order chi connectivity index (χ0) is 24.6. The Morgan fingerprint density at radius 1 is 1.21 bits per heavy atom. The zero-order valence-electron chi connectivity index (χ0n) is 18.5. The number of likely N-dealkylation sites (tertiary alicyclic amines) is 1. The zero-order valence-corrected chi connectivity index (χ0v) is 18.5. The molecule has 4 rings (SSSR count). The third kappa shape index (κ3) is 4.46. The molecule has 3 aromatic rings. The summed E-state index contributed by atoms with van der Waals surface area (Å²) in [5.41, 5.74) is -1.59. The Labute approximate surface area is 192 Å². The number of carbonyl (C=O) groups excluding carboxylic acids is 2. The number of imidazole rings is 1. The van der Waals surface area contributed by atoms with Crippen molar-refractivity contribution in [3.05, 3.63) is 53.6 Å². The molecule has 0 saturated carbocycles. The molecule has 0 spiro atoms. The Balaban J connectivity index is 1.73. The minimum absolute atomic E-state index is 0.0510. The van der Waals surface area contributed by atoms with Gasteiger partial charge in [-0.3, -0.25) is 9.59 Å². The van der Waals surface area contributed by atoms with E-state index < -0.39 is 47.0 Å². The summed E-state index contributed by atoms with van der Waals surface area (Å²) in [6.45, 7) is 3.95. The van der Waals surface area contributed by atoms with Gasteiger partial charge in [-0.25, -0.2) is 13.9 Å². The van der Waals surface area contributed by atoms with Gasteiger partial charge in [-0.2, -0.15) is 18.3 Å². The molecule has 34 heavy (non-hydrogen) atoms. The molecule has 2 aromatic heterocycles. The van der Waals surface area contributed by atoms with E-state index in [0.717, 1.165) is 28.9 Å². The van der Waals surface area contributed by atoms with Crippen molar-refractivity contribution in [2.45, 2.75) is 38.9 Å². The quantitative estimate of drug-likeness (QED) is 0.412. The molecular weight excluding hydrogens is 456 g/mol. The molecular formula is C23H22F4N4O3. The molecule has 1 aromatic carbocycles. The highest BCUT2D eigenvalue weighted by Crippen LogP contribution is 2.35. The van der Waals surface area contributed by atoms with Crippen LogP contribution in [0.25, 0.3) is 16.9 Å². The number of hydrogen-bond acceptors (Lipinski definition) is 5. The van der Waals surface area contributed by atoms with Crippen molar-refractivity contribution in [3.63, 3.8) is 0 Å². The van der Waals surface area contributed by atoms with Crippen LogP contribution in [0.1, 0.15) is 42.7 Å². The van der Waals surface area contributed by atoms with E-state index in [1.807, 2.05) is 0 Å². The summed E-state index contributed by atoms with van der Waals surface area (Å²) in [5, 5.41) is 4.17. The van der Waals surface area contributed by atoms with Gasteiger partial charge in [-0.05, 0) is 57.0 Å². The van der Waals surface area contributed by atoms with E-state index in [2.05, 4.69) is 10.1 Å². The highest BCUT2D eigenvalue weighted by atomic mass is 19.4. The molecule has 1 fully saturated rings. The van der Waals surface area contributed by atoms with Gasteiger partial charge in [-0.15, -0.1) is 0 Å². The normalized spacial score (nSPS) is 18.8. The van der Waals surface area contributed by atoms with Gasteiger partial charge < -0.3 is 9.64 Å². The number of halogens is 4. The van der Waals surface area contributed by atoms with E-state index in [1.54, 1.807) is 13.8 Å². The second kappa shape index (κ2) is 9.03. The van der Waals surface area contributed by atoms with Crippen LogP contribution < -0.4 is 0 Å².